The van der Waals surface area contributed by atoms with Crippen molar-refractivity contribution in [2.75, 3.05) is 26.2 Å². The van der Waals surface area contributed by atoms with Crippen molar-refractivity contribution < 1.29 is 9.59 Å². The first kappa shape index (κ1) is 19.6. The summed E-state index contributed by atoms with van der Waals surface area (Å²) in [5.74, 6) is 0.0800. The van der Waals surface area contributed by atoms with Crippen molar-refractivity contribution in [3.63, 3.8) is 0 Å². The Bertz CT molecular complexity index is 826. The predicted molar refractivity (Wildman–Crippen MR) is 114 cm³/mol. The van der Waals surface area contributed by atoms with Crippen LogP contribution in [0.2, 0.25) is 0 Å². The molecular formula is C24H29N3O2. The number of hydrogen-bond acceptors (Lipinski definition) is 3. The van der Waals surface area contributed by atoms with Gasteiger partial charge in [0.05, 0.1) is 6.54 Å². The molecule has 5 heteroatoms. The summed E-state index contributed by atoms with van der Waals surface area (Å²) in [5.41, 5.74) is 2.17. The molecule has 1 saturated carbocycles. The largest absolute Gasteiger partial charge is 0.354 e. The SMILES string of the molecule is O=C(CN1CCC(NC(=O)c2ccccc2)CC1)NCC1(c2ccccc2)CC1. The van der Waals surface area contributed by atoms with Gasteiger partial charge in [-0.15, -0.1) is 0 Å². The van der Waals surface area contributed by atoms with E-state index in [-0.39, 0.29) is 23.3 Å². The van der Waals surface area contributed by atoms with Gasteiger partial charge in [-0.3, -0.25) is 14.5 Å². The number of nitrogens with zero attached hydrogens (tertiary/aromatic N) is 1. The molecule has 2 aromatic carbocycles. The van der Waals surface area contributed by atoms with Crippen LogP contribution >= 0.6 is 0 Å². The van der Waals surface area contributed by atoms with Crippen LogP contribution in [0.25, 0.3) is 0 Å². The maximum Gasteiger partial charge on any atom is 0.251 e. The van der Waals surface area contributed by atoms with Gasteiger partial charge in [0, 0.05) is 36.7 Å². The minimum absolute atomic E-state index is 0.0163. The van der Waals surface area contributed by atoms with E-state index < -0.39 is 0 Å². The number of hydrogen-bond donors (Lipinski definition) is 2. The fraction of sp³-hybridized carbons (Fsp3) is 0.417. The monoisotopic (exact) mass is 391 g/mol. The van der Waals surface area contributed by atoms with E-state index in [2.05, 4.69) is 39.8 Å². The lowest BCUT2D eigenvalue weighted by atomic mass is 9.96. The smallest absolute Gasteiger partial charge is 0.251 e. The molecule has 29 heavy (non-hydrogen) atoms. The van der Waals surface area contributed by atoms with Crippen molar-refractivity contribution in [2.24, 2.45) is 0 Å². The molecule has 2 N–H and O–H groups in total. The molecule has 0 spiro atoms. The highest BCUT2D eigenvalue weighted by atomic mass is 16.2. The lowest BCUT2D eigenvalue weighted by Crippen LogP contribution is -2.48. The first-order valence-electron chi connectivity index (χ1n) is 10.6. The molecule has 1 aliphatic heterocycles. The van der Waals surface area contributed by atoms with Crippen molar-refractivity contribution in [1.29, 1.82) is 0 Å². The number of rotatable bonds is 7. The molecule has 1 saturated heterocycles. The standard InChI is InChI=1S/C24H29N3O2/c28-22(25-18-24(13-14-24)20-9-5-2-6-10-20)17-27-15-11-21(12-16-27)26-23(29)19-7-3-1-4-8-19/h1-10,21H,11-18H2,(H,25,28)(H,26,29). The molecule has 2 aliphatic rings. The van der Waals surface area contributed by atoms with Gasteiger partial charge < -0.3 is 10.6 Å². The van der Waals surface area contributed by atoms with Gasteiger partial charge in [-0.1, -0.05) is 48.5 Å². The maximum absolute atomic E-state index is 12.4. The lowest BCUT2D eigenvalue weighted by molar-refractivity contribution is -0.122. The van der Waals surface area contributed by atoms with Gasteiger partial charge in [0.25, 0.3) is 5.91 Å². The van der Waals surface area contributed by atoms with Crippen LogP contribution in [0.3, 0.4) is 0 Å². The van der Waals surface area contributed by atoms with E-state index in [9.17, 15) is 9.59 Å². The van der Waals surface area contributed by atoms with Gasteiger partial charge in [-0.2, -0.15) is 0 Å². The fourth-order valence-electron chi connectivity index (χ4n) is 4.13. The zero-order chi connectivity index (χ0) is 20.1. The van der Waals surface area contributed by atoms with Crippen LogP contribution in [0.5, 0.6) is 0 Å². The van der Waals surface area contributed by atoms with Crippen molar-refractivity contribution >= 4 is 11.8 Å². The molecule has 2 fully saturated rings. The Hall–Kier alpha value is -2.66. The zero-order valence-corrected chi connectivity index (χ0v) is 16.8. The summed E-state index contributed by atoms with van der Waals surface area (Å²) in [5, 5.41) is 6.26. The zero-order valence-electron chi connectivity index (χ0n) is 16.8. The fourth-order valence-corrected chi connectivity index (χ4v) is 4.13. The summed E-state index contributed by atoms with van der Waals surface area (Å²) in [4.78, 5) is 26.9. The van der Waals surface area contributed by atoms with E-state index in [4.69, 9.17) is 0 Å². The molecule has 4 rings (SSSR count). The van der Waals surface area contributed by atoms with Crippen LogP contribution < -0.4 is 10.6 Å². The van der Waals surface area contributed by atoms with Crippen LogP contribution in [-0.4, -0.2) is 48.9 Å². The summed E-state index contributed by atoms with van der Waals surface area (Å²) in [6.07, 6.45) is 4.03. The maximum atomic E-state index is 12.4. The average molecular weight is 392 g/mol. The Morgan fingerprint density at radius 3 is 2.17 bits per heavy atom. The lowest BCUT2D eigenvalue weighted by Gasteiger charge is -2.32. The van der Waals surface area contributed by atoms with Crippen LogP contribution in [0, 0.1) is 0 Å². The van der Waals surface area contributed by atoms with Crippen molar-refractivity contribution in [2.45, 2.75) is 37.1 Å². The van der Waals surface area contributed by atoms with Crippen molar-refractivity contribution in [3.8, 4) is 0 Å². The summed E-state index contributed by atoms with van der Waals surface area (Å²) in [6, 6.07) is 20.0. The van der Waals surface area contributed by atoms with E-state index in [1.165, 1.54) is 5.56 Å². The Morgan fingerprint density at radius 1 is 0.931 bits per heavy atom. The quantitative estimate of drug-likeness (QED) is 0.763. The third kappa shape index (κ3) is 5.04. The first-order chi connectivity index (χ1) is 14.1. The summed E-state index contributed by atoms with van der Waals surface area (Å²) >= 11 is 0. The molecule has 152 valence electrons. The van der Waals surface area contributed by atoms with Gasteiger partial charge in [-0.05, 0) is 43.4 Å². The van der Waals surface area contributed by atoms with Crippen LogP contribution in [0.4, 0.5) is 0 Å². The highest BCUT2D eigenvalue weighted by Crippen LogP contribution is 2.47. The van der Waals surface area contributed by atoms with Crippen molar-refractivity contribution in [1.82, 2.24) is 15.5 Å². The van der Waals surface area contributed by atoms with Crippen LogP contribution in [-0.2, 0) is 10.2 Å². The molecule has 1 heterocycles. The Balaban J connectivity index is 1.18. The molecule has 2 amide bonds. The molecule has 2 aromatic rings. The van der Waals surface area contributed by atoms with E-state index in [1.54, 1.807) is 0 Å². The van der Waals surface area contributed by atoms with E-state index in [0.717, 1.165) is 45.3 Å². The molecule has 0 unspecified atom stereocenters. The summed E-state index contributed by atoms with van der Waals surface area (Å²) in [7, 11) is 0. The minimum atomic E-state index is -0.0163. The number of nitrogens with one attached hydrogen (secondary N) is 2. The molecule has 1 aliphatic carbocycles. The van der Waals surface area contributed by atoms with Gasteiger partial charge >= 0.3 is 0 Å². The first-order valence-corrected chi connectivity index (χ1v) is 10.6. The summed E-state index contributed by atoms with van der Waals surface area (Å²) < 4.78 is 0. The Labute approximate surface area is 172 Å². The second-order valence-electron chi connectivity index (χ2n) is 8.31. The number of amides is 2. The van der Waals surface area contributed by atoms with E-state index >= 15 is 0 Å². The van der Waals surface area contributed by atoms with Crippen molar-refractivity contribution in [3.05, 3.63) is 71.8 Å². The van der Waals surface area contributed by atoms with Gasteiger partial charge in [0.15, 0.2) is 0 Å². The van der Waals surface area contributed by atoms with Gasteiger partial charge in [-0.25, -0.2) is 0 Å². The highest BCUT2D eigenvalue weighted by Gasteiger charge is 2.44. The summed E-state index contributed by atoms with van der Waals surface area (Å²) in [6.45, 7) is 2.82. The number of carbonyl (C=O) groups excluding carboxylic acids is 2. The topological polar surface area (TPSA) is 61.4 Å². The molecule has 5 nitrogen and oxygen atoms in total. The number of piperidine rings is 1. The molecule has 0 atom stereocenters. The van der Waals surface area contributed by atoms with Crippen LogP contribution in [0.1, 0.15) is 41.6 Å². The van der Waals surface area contributed by atoms with Crippen LogP contribution in [0.15, 0.2) is 60.7 Å². The number of carbonyl (C=O) groups is 2. The molecule has 0 radical (unpaired) electrons. The van der Waals surface area contributed by atoms with Gasteiger partial charge in [0.2, 0.25) is 5.91 Å². The Kier molecular flexibility index (Phi) is 5.95. The second kappa shape index (κ2) is 8.78. The molecular weight excluding hydrogens is 362 g/mol. The van der Waals surface area contributed by atoms with E-state index in [0.29, 0.717) is 12.1 Å². The third-order valence-electron chi connectivity index (χ3n) is 6.19. The highest BCUT2D eigenvalue weighted by molar-refractivity contribution is 5.94. The molecule has 0 bridgehead atoms. The second-order valence-corrected chi connectivity index (χ2v) is 8.31. The predicted octanol–water partition coefficient (Wildman–Crippen LogP) is 2.73. The number of likely N-dealkylation sites (tertiary alicyclic amines) is 1. The minimum Gasteiger partial charge on any atom is -0.354 e. The van der Waals surface area contributed by atoms with E-state index in [1.807, 2.05) is 36.4 Å². The number of benzene rings is 2. The average Bonchev–Trinajstić information content (AvgIpc) is 3.56. The Morgan fingerprint density at radius 2 is 1.55 bits per heavy atom. The normalized spacial score (nSPS) is 18.8. The third-order valence-corrected chi connectivity index (χ3v) is 6.19. The molecule has 0 aromatic heterocycles. The van der Waals surface area contributed by atoms with Gasteiger partial charge in [0.1, 0.15) is 0 Å².